The van der Waals surface area contributed by atoms with Crippen LogP contribution in [-0.2, 0) is 26.2 Å². The second-order valence-electron chi connectivity index (χ2n) is 6.01. The molecule has 25 heavy (non-hydrogen) atoms. The molecule has 0 amide bonds. The van der Waals surface area contributed by atoms with E-state index in [0.717, 1.165) is 0 Å². The van der Waals surface area contributed by atoms with Crippen LogP contribution >= 0.6 is 0 Å². The number of fused-ring (bicyclic) bond motifs is 1. The Morgan fingerprint density at radius 2 is 1.36 bits per heavy atom. The molecule has 0 fully saturated rings. The zero-order chi connectivity index (χ0) is 17.9. The Kier molecular flexibility index (Phi) is 12.5. The molecule has 0 saturated heterocycles. The minimum Gasteiger partial charge on any atom is -0.668 e. The van der Waals surface area contributed by atoms with Crippen LogP contribution in [0.1, 0.15) is 25.3 Å². The van der Waals surface area contributed by atoms with Crippen LogP contribution in [0, 0.1) is 0 Å². The molecule has 0 heterocycles. The van der Waals surface area contributed by atoms with Gasteiger partial charge in [-0.1, -0.05) is 55.8 Å². The zero-order valence-electron chi connectivity index (χ0n) is 16.2. The fourth-order valence-corrected chi connectivity index (χ4v) is 2.46. The Labute approximate surface area is 172 Å². The second-order valence-corrected chi connectivity index (χ2v) is 6.01. The molecule has 0 aromatic heterocycles. The van der Waals surface area contributed by atoms with E-state index in [1.165, 1.54) is 27.5 Å². The van der Waals surface area contributed by atoms with E-state index in [9.17, 15) is 0 Å². The molecule has 0 spiro atoms. The number of benzene rings is 2. The molecule has 0 atom stereocenters. The first kappa shape index (κ1) is 23.9. The van der Waals surface area contributed by atoms with Crippen LogP contribution in [0.25, 0.3) is 32.5 Å². The Morgan fingerprint density at radius 1 is 0.800 bits per heavy atom. The van der Waals surface area contributed by atoms with Gasteiger partial charge in [0.15, 0.2) is 0 Å². The monoisotopic (exact) mass is 411 g/mol. The van der Waals surface area contributed by atoms with Crippen LogP contribution in [0.4, 0.5) is 0 Å². The summed E-state index contributed by atoms with van der Waals surface area (Å²) in [7, 11) is 7.00. The van der Waals surface area contributed by atoms with E-state index in [-0.39, 0.29) is 26.2 Å². The van der Waals surface area contributed by atoms with Crippen molar-refractivity contribution in [3.05, 3.63) is 76.9 Å². The average Bonchev–Trinajstić information content (AvgIpc) is 3.01. The van der Waals surface area contributed by atoms with E-state index in [1.54, 1.807) is 28.2 Å². The van der Waals surface area contributed by atoms with E-state index in [0.29, 0.717) is 5.92 Å². The molecule has 131 valence electrons. The largest absolute Gasteiger partial charge is 3.00 e. The van der Waals surface area contributed by atoms with E-state index >= 15 is 0 Å². The first-order chi connectivity index (χ1) is 11.6. The molecule has 0 N–H and O–H groups in total. The van der Waals surface area contributed by atoms with E-state index in [4.69, 9.17) is 0 Å². The van der Waals surface area contributed by atoms with Crippen molar-refractivity contribution in [3.63, 3.8) is 0 Å². The van der Waals surface area contributed by atoms with Crippen molar-refractivity contribution in [2.24, 2.45) is 0 Å². The van der Waals surface area contributed by atoms with Crippen LogP contribution in [0.5, 0.6) is 0 Å². The molecule has 0 aliphatic rings. The summed E-state index contributed by atoms with van der Waals surface area (Å²) in [6.45, 7) is 4.49. The van der Waals surface area contributed by atoms with Crippen LogP contribution < -0.4 is 0 Å². The molecule has 2 nitrogen and oxygen atoms in total. The van der Waals surface area contributed by atoms with Crippen molar-refractivity contribution in [1.29, 1.82) is 0 Å². The summed E-state index contributed by atoms with van der Waals surface area (Å²) in [4.78, 5) is 0. The summed E-state index contributed by atoms with van der Waals surface area (Å²) in [5, 5.41) is 9.72. The molecule has 0 aliphatic heterocycles. The Morgan fingerprint density at radius 3 is 1.88 bits per heavy atom. The van der Waals surface area contributed by atoms with Crippen LogP contribution in [0.2, 0.25) is 0 Å². The Hall–Kier alpha value is -1.15. The Bertz CT molecular complexity index is 700. The van der Waals surface area contributed by atoms with Gasteiger partial charge in [0.1, 0.15) is 0 Å². The molecule has 0 saturated carbocycles. The molecule has 0 aliphatic carbocycles. The van der Waals surface area contributed by atoms with E-state index in [1.807, 2.05) is 0 Å². The summed E-state index contributed by atoms with van der Waals surface area (Å²) < 4.78 is 0. The van der Waals surface area contributed by atoms with Crippen molar-refractivity contribution >= 4 is 10.8 Å². The SMILES string of the molecule is CC(C)c1cc2c(-c3ccccc3)cccc2[cH-]1.C[N-]C.C[N-]C.[Zr+3]. The zero-order valence-corrected chi connectivity index (χ0v) is 18.7. The predicted octanol–water partition coefficient (Wildman–Crippen LogP) is 6.59. The molecule has 3 aromatic carbocycles. The van der Waals surface area contributed by atoms with Gasteiger partial charge in [-0.15, -0.1) is 34.5 Å². The molecular weight excluding hydrogens is 383 g/mol. The van der Waals surface area contributed by atoms with Gasteiger partial charge in [-0.25, -0.2) is 0 Å². The van der Waals surface area contributed by atoms with Crippen molar-refractivity contribution in [3.8, 4) is 11.1 Å². The third-order valence-electron chi connectivity index (χ3n) is 3.52. The van der Waals surface area contributed by atoms with Gasteiger partial charge in [0.05, 0.1) is 0 Å². The summed E-state index contributed by atoms with van der Waals surface area (Å²) >= 11 is 0. The molecule has 3 aromatic rings. The Balaban J connectivity index is 0.000000729. The maximum absolute atomic E-state index is 3.50. The molecule has 0 bridgehead atoms. The third kappa shape index (κ3) is 7.32. The van der Waals surface area contributed by atoms with Gasteiger partial charge < -0.3 is 10.6 Å². The van der Waals surface area contributed by atoms with E-state index < -0.39 is 0 Å². The van der Waals surface area contributed by atoms with Crippen molar-refractivity contribution in [1.82, 2.24) is 0 Å². The van der Waals surface area contributed by atoms with Gasteiger partial charge >= 0.3 is 26.2 Å². The van der Waals surface area contributed by atoms with Crippen molar-refractivity contribution < 1.29 is 26.2 Å². The minimum absolute atomic E-state index is 0. The van der Waals surface area contributed by atoms with Crippen molar-refractivity contribution in [2.45, 2.75) is 19.8 Å². The van der Waals surface area contributed by atoms with Crippen LogP contribution in [0.15, 0.2) is 60.7 Å². The van der Waals surface area contributed by atoms with Gasteiger partial charge in [0.2, 0.25) is 0 Å². The number of hydrogen-bond donors (Lipinski definition) is 0. The average molecular weight is 413 g/mol. The normalized spacial score (nSPS) is 9.56. The molecule has 3 rings (SSSR count). The quantitative estimate of drug-likeness (QED) is 0.425. The topological polar surface area (TPSA) is 28.2 Å². The van der Waals surface area contributed by atoms with E-state index in [2.05, 4.69) is 85.1 Å². The predicted molar refractivity (Wildman–Crippen MR) is 109 cm³/mol. The van der Waals surface area contributed by atoms with Gasteiger partial charge in [-0.2, -0.15) is 34.3 Å². The maximum atomic E-state index is 3.50. The summed E-state index contributed by atoms with van der Waals surface area (Å²) in [6.07, 6.45) is 0. The maximum Gasteiger partial charge on any atom is 3.00 e. The molecule has 3 heteroatoms. The standard InChI is InChI=1S/C18H17.2C2H6N.Zr/c1-13(2)16-11-15-9-6-10-17(18(15)12-16)14-7-4-3-5-8-14;2*1-3-2;/h3-13H,1-2H3;2*1-2H3;/q3*-1;+3. The van der Waals surface area contributed by atoms with Crippen LogP contribution in [-0.4, -0.2) is 28.2 Å². The summed E-state index contributed by atoms with van der Waals surface area (Å²) in [6, 6.07) is 21.8. The van der Waals surface area contributed by atoms with Crippen LogP contribution in [0.3, 0.4) is 0 Å². The smallest absolute Gasteiger partial charge is 0.668 e. The van der Waals surface area contributed by atoms with Gasteiger partial charge in [-0.05, 0) is 11.5 Å². The minimum atomic E-state index is 0. The van der Waals surface area contributed by atoms with Crippen molar-refractivity contribution in [2.75, 3.05) is 28.2 Å². The summed E-state index contributed by atoms with van der Waals surface area (Å²) in [5.74, 6) is 0.584. The molecular formula is C22H29N2Zr. The van der Waals surface area contributed by atoms with Gasteiger partial charge in [-0.3, -0.25) is 0 Å². The van der Waals surface area contributed by atoms with Gasteiger partial charge in [0.25, 0.3) is 0 Å². The third-order valence-corrected chi connectivity index (χ3v) is 3.52. The number of rotatable bonds is 2. The first-order valence-corrected chi connectivity index (χ1v) is 8.29. The molecule has 1 radical (unpaired) electrons. The molecule has 0 unspecified atom stereocenters. The fraction of sp³-hybridized carbons (Fsp3) is 0.318. The summed E-state index contributed by atoms with van der Waals surface area (Å²) in [5.41, 5.74) is 4.05. The number of hydrogen-bond acceptors (Lipinski definition) is 0. The van der Waals surface area contributed by atoms with Gasteiger partial charge in [0, 0.05) is 0 Å². The fourth-order valence-electron chi connectivity index (χ4n) is 2.46. The second kappa shape index (κ2) is 13.1. The first-order valence-electron chi connectivity index (χ1n) is 8.29. The number of nitrogens with zero attached hydrogens (tertiary/aromatic N) is 2.